The Kier molecular flexibility index (Phi) is 6.40. The Balaban J connectivity index is 1.62. The molecular weight excluding hydrogens is 466 g/mol. The Morgan fingerprint density at radius 1 is 1.14 bits per heavy atom. The molecular formula is C25H27N5O4S. The number of hydrogen-bond acceptors (Lipinski definition) is 7. The number of benzene rings is 2. The maximum Gasteiger partial charge on any atom is 0.338 e. The molecule has 35 heavy (non-hydrogen) atoms. The fraction of sp³-hybridized carbons (Fsp3) is 0.360. The van der Waals surface area contributed by atoms with Gasteiger partial charge in [0.15, 0.2) is 0 Å². The molecule has 5 rings (SSSR count). The first kappa shape index (κ1) is 23.3. The van der Waals surface area contributed by atoms with Crippen LogP contribution in [0.2, 0.25) is 0 Å². The van der Waals surface area contributed by atoms with Crippen molar-refractivity contribution < 1.29 is 14.3 Å². The molecule has 0 saturated carbocycles. The molecule has 0 fully saturated rings. The zero-order valence-corrected chi connectivity index (χ0v) is 20.6. The first-order valence-electron chi connectivity index (χ1n) is 11.6. The third kappa shape index (κ3) is 4.02. The molecule has 0 aliphatic carbocycles. The van der Waals surface area contributed by atoms with E-state index in [0.717, 1.165) is 36.2 Å². The number of aromatic nitrogens is 4. The van der Waals surface area contributed by atoms with E-state index in [2.05, 4.69) is 4.90 Å². The smallest absolute Gasteiger partial charge is 0.338 e. The highest BCUT2D eigenvalue weighted by Gasteiger charge is 2.24. The molecule has 0 unspecified atom stereocenters. The van der Waals surface area contributed by atoms with E-state index < -0.39 is 0 Å². The second-order valence-electron chi connectivity index (χ2n) is 8.54. The fourth-order valence-electron chi connectivity index (χ4n) is 4.84. The van der Waals surface area contributed by atoms with Crippen LogP contribution in [0, 0.1) is 4.77 Å². The number of carbonyl (C=O) groups is 1. The number of methoxy groups -OCH3 is 2. The third-order valence-electron chi connectivity index (χ3n) is 6.47. The van der Waals surface area contributed by atoms with Gasteiger partial charge in [-0.05, 0) is 61.3 Å². The first-order chi connectivity index (χ1) is 17.0. The molecule has 1 aliphatic heterocycles. The molecule has 182 valence electrons. The summed E-state index contributed by atoms with van der Waals surface area (Å²) >= 11 is 5.87. The van der Waals surface area contributed by atoms with Crippen LogP contribution in [0.3, 0.4) is 0 Å². The number of rotatable bonds is 7. The van der Waals surface area contributed by atoms with Gasteiger partial charge in [0.25, 0.3) is 5.56 Å². The van der Waals surface area contributed by atoms with Gasteiger partial charge >= 0.3 is 5.97 Å². The highest BCUT2D eigenvalue weighted by molar-refractivity contribution is 7.71. The van der Waals surface area contributed by atoms with Crippen LogP contribution in [-0.4, -0.2) is 52.1 Å². The molecule has 0 atom stereocenters. The van der Waals surface area contributed by atoms with Gasteiger partial charge < -0.3 is 14.4 Å². The van der Waals surface area contributed by atoms with Gasteiger partial charge in [-0.25, -0.2) is 9.48 Å². The van der Waals surface area contributed by atoms with Crippen LogP contribution in [0.4, 0.5) is 5.69 Å². The summed E-state index contributed by atoms with van der Waals surface area (Å²) in [5.41, 5.74) is 3.18. The Bertz CT molecular complexity index is 1540. The minimum atomic E-state index is -0.334. The van der Waals surface area contributed by atoms with E-state index in [4.69, 9.17) is 26.8 Å². The number of ether oxygens (including phenoxy) is 2. The summed E-state index contributed by atoms with van der Waals surface area (Å²) in [4.78, 5) is 27.8. The topological polar surface area (TPSA) is 83.0 Å². The number of fused-ring (bicyclic) bond motifs is 4. The summed E-state index contributed by atoms with van der Waals surface area (Å²) in [5.74, 6) is 0.176. The van der Waals surface area contributed by atoms with E-state index in [1.54, 1.807) is 22.4 Å². The van der Waals surface area contributed by atoms with Crippen molar-refractivity contribution in [2.75, 3.05) is 32.3 Å². The number of anilines is 1. The maximum atomic E-state index is 13.3. The molecule has 2 aromatic heterocycles. The lowest BCUT2D eigenvalue weighted by atomic mass is 9.96. The third-order valence-corrected chi connectivity index (χ3v) is 6.86. The van der Waals surface area contributed by atoms with Crippen molar-refractivity contribution in [2.24, 2.45) is 0 Å². The molecule has 0 spiro atoms. The van der Waals surface area contributed by atoms with E-state index in [-0.39, 0.29) is 11.5 Å². The Morgan fingerprint density at radius 2 is 1.97 bits per heavy atom. The van der Waals surface area contributed by atoms with Crippen LogP contribution in [0.5, 0.6) is 0 Å². The van der Waals surface area contributed by atoms with Gasteiger partial charge in [-0.3, -0.25) is 13.8 Å². The minimum absolute atomic E-state index is 0.0950. The Morgan fingerprint density at radius 3 is 2.77 bits per heavy atom. The van der Waals surface area contributed by atoms with Crippen molar-refractivity contribution in [3.63, 3.8) is 0 Å². The van der Waals surface area contributed by atoms with E-state index in [9.17, 15) is 9.59 Å². The minimum Gasteiger partial charge on any atom is -0.465 e. The van der Waals surface area contributed by atoms with Gasteiger partial charge in [0.1, 0.15) is 6.67 Å². The van der Waals surface area contributed by atoms with Gasteiger partial charge in [0.2, 0.25) is 10.5 Å². The number of nitrogens with zero attached hydrogens (tertiary/aromatic N) is 5. The van der Waals surface area contributed by atoms with Crippen molar-refractivity contribution in [3.05, 3.63) is 68.7 Å². The molecule has 10 heteroatoms. The standard InChI is InChI=1S/C25H27N5O4S/c1-33-15-7-14-28-22(31)19-8-3-4-11-21(19)30-24(28)26-29(25(30)35)16-27-13-6-10-17-18(23(32)34-2)9-5-12-20(17)27/h3-5,8-9,11-12H,6-7,10,13-16H2,1-2H3. The number of aryl methyl sites for hydroxylation is 1. The number of carbonyl (C=O) groups excluding carboxylic acids is 1. The SMILES string of the molecule is COCCCn1c(=O)c2ccccc2n2c(=S)n(CN3CCCc4c(C(=O)OC)cccc43)nc12. The van der Waals surface area contributed by atoms with Crippen molar-refractivity contribution in [1.29, 1.82) is 0 Å². The summed E-state index contributed by atoms with van der Waals surface area (Å²) < 4.78 is 16.0. The van der Waals surface area contributed by atoms with Crippen LogP contribution >= 0.6 is 12.2 Å². The zero-order valence-electron chi connectivity index (χ0n) is 19.8. The molecule has 2 aromatic carbocycles. The second-order valence-corrected chi connectivity index (χ2v) is 8.91. The predicted octanol–water partition coefficient (Wildman–Crippen LogP) is 3.41. The fourth-order valence-corrected chi connectivity index (χ4v) is 5.12. The first-order valence-corrected chi connectivity index (χ1v) is 12.0. The lowest BCUT2D eigenvalue weighted by molar-refractivity contribution is 0.0599. The van der Waals surface area contributed by atoms with E-state index in [1.807, 2.05) is 40.8 Å². The van der Waals surface area contributed by atoms with Crippen LogP contribution in [0.25, 0.3) is 16.7 Å². The van der Waals surface area contributed by atoms with Gasteiger partial charge in [-0.15, -0.1) is 5.10 Å². The van der Waals surface area contributed by atoms with Gasteiger partial charge in [-0.2, -0.15) is 0 Å². The molecule has 9 nitrogen and oxygen atoms in total. The number of hydrogen-bond donors (Lipinski definition) is 0. The average molecular weight is 494 g/mol. The van der Waals surface area contributed by atoms with Crippen LogP contribution in [0.15, 0.2) is 47.3 Å². The van der Waals surface area contributed by atoms with Crippen LogP contribution in [-0.2, 0) is 29.1 Å². The lowest BCUT2D eigenvalue weighted by Gasteiger charge is -2.31. The molecule has 0 radical (unpaired) electrons. The summed E-state index contributed by atoms with van der Waals surface area (Å²) in [6, 6.07) is 13.1. The van der Waals surface area contributed by atoms with E-state index in [0.29, 0.717) is 47.7 Å². The predicted molar refractivity (Wildman–Crippen MR) is 136 cm³/mol. The van der Waals surface area contributed by atoms with Crippen molar-refractivity contribution in [2.45, 2.75) is 32.5 Å². The monoisotopic (exact) mass is 493 g/mol. The van der Waals surface area contributed by atoms with Gasteiger partial charge in [-0.1, -0.05) is 18.2 Å². The highest BCUT2D eigenvalue weighted by atomic mass is 32.1. The normalized spacial score (nSPS) is 13.4. The maximum absolute atomic E-state index is 13.3. The van der Waals surface area contributed by atoms with Gasteiger partial charge in [0.05, 0.1) is 23.6 Å². The Labute approximate surface area is 207 Å². The zero-order chi connectivity index (χ0) is 24.5. The molecule has 0 saturated heterocycles. The van der Waals surface area contributed by atoms with Gasteiger partial charge in [0, 0.05) is 32.5 Å². The van der Waals surface area contributed by atoms with E-state index >= 15 is 0 Å². The molecule has 0 bridgehead atoms. The molecule has 4 aromatic rings. The number of para-hydroxylation sites is 1. The Hall–Kier alpha value is -3.50. The molecule has 3 heterocycles. The number of esters is 1. The molecule has 0 amide bonds. The second kappa shape index (κ2) is 9.63. The highest BCUT2D eigenvalue weighted by Crippen LogP contribution is 2.31. The summed E-state index contributed by atoms with van der Waals surface area (Å²) in [6.07, 6.45) is 2.38. The van der Waals surface area contributed by atoms with Crippen molar-refractivity contribution in [1.82, 2.24) is 18.7 Å². The largest absolute Gasteiger partial charge is 0.465 e. The van der Waals surface area contributed by atoms with Crippen molar-refractivity contribution in [3.8, 4) is 0 Å². The van der Waals surface area contributed by atoms with E-state index in [1.165, 1.54) is 7.11 Å². The van der Waals surface area contributed by atoms with Crippen molar-refractivity contribution >= 4 is 40.6 Å². The molecule has 1 aliphatic rings. The summed E-state index contributed by atoms with van der Waals surface area (Å²) in [5, 5.41) is 5.40. The molecule has 0 N–H and O–H groups in total. The quantitative estimate of drug-likeness (QED) is 0.222. The average Bonchev–Trinajstić information content (AvgIpc) is 3.21. The summed E-state index contributed by atoms with van der Waals surface area (Å²) in [7, 11) is 3.04. The lowest BCUT2D eigenvalue weighted by Crippen LogP contribution is -2.32. The van der Waals surface area contributed by atoms with Crippen LogP contribution in [0.1, 0.15) is 28.8 Å². The van der Waals surface area contributed by atoms with Crippen LogP contribution < -0.4 is 10.5 Å². The summed E-state index contributed by atoms with van der Waals surface area (Å²) in [6.45, 7) is 2.22.